The average molecular weight is 200 g/mol. The zero-order valence-electron chi connectivity index (χ0n) is 8.47. The second-order valence-corrected chi connectivity index (χ2v) is 3.25. The third kappa shape index (κ3) is 1.91. The van der Waals surface area contributed by atoms with Crippen LogP contribution in [0.15, 0.2) is 41.5 Å². The van der Waals surface area contributed by atoms with Gasteiger partial charge in [-0.05, 0) is 34.5 Å². The van der Waals surface area contributed by atoms with Crippen molar-refractivity contribution in [2.75, 3.05) is 7.11 Å². The van der Waals surface area contributed by atoms with Crippen molar-refractivity contribution in [2.45, 2.75) is 0 Å². The Labute approximate surface area is 88.2 Å². The normalized spacial score (nSPS) is 11.0. The number of fused-ring (bicyclic) bond motifs is 1. The molecule has 0 aromatic heterocycles. The highest BCUT2D eigenvalue weighted by Crippen LogP contribution is 2.21. The summed E-state index contributed by atoms with van der Waals surface area (Å²) in [7, 11) is 1.66. The minimum absolute atomic E-state index is 0.864. The Hall–Kier alpha value is -2.03. The van der Waals surface area contributed by atoms with Crippen LogP contribution in [0.25, 0.3) is 10.8 Å². The van der Waals surface area contributed by atoms with Crippen LogP contribution in [0, 0.1) is 0 Å². The van der Waals surface area contributed by atoms with Gasteiger partial charge in [-0.15, -0.1) is 0 Å². The quantitative estimate of drug-likeness (QED) is 0.458. The first-order valence-electron chi connectivity index (χ1n) is 4.64. The summed E-state index contributed by atoms with van der Waals surface area (Å²) in [6, 6.07) is 12.0. The lowest BCUT2D eigenvalue weighted by molar-refractivity contribution is 0.415. The summed E-state index contributed by atoms with van der Waals surface area (Å²) in [6.45, 7) is 0. The Morgan fingerprint density at radius 1 is 1.13 bits per heavy atom. The molecule has 0 heterocycles. The molecule has 2 aromatic rings. The van der Waals surface area contributed by atoms with Crippen LogP contribution in [-0.4, -0.2) is 13.3 Å². The number of hydrogen-bond donors (Lipinski definition) is 1. The molecule has 0 amide bonds. The lowest BCUT2D eigenvalue weighted by Gasteiger charge is -2.02. The van der Waals surface area contributed by atoms with Gasteiger partial charge in [0, 0.05) is 0 Å². The van der Waals surface area contributed by atoms with Crippen LogP contribution in [0.1, 0.15) is 5.56 Å². The first-order valence-corrected chi connectivity index (χ1v) is 4.64. The minimum atomic E-state index is 0.864. The number of rotatable bonds is 2. The highest BCUT2D eigenvalue weighted by Gasteiger charge is 1.97. The van der Waals surface area contributed by atoms with Gasteiger partial charge in [0.05, 0.1) is 13.3 Å². The molecule has 0 aliphatic rings. The van der Waals surface area contributed by atoms with Crippen molar-refractivity contribution in [3.63, 3.8) is 0 Å². The second kappa shape index (κ2) is 4.00. The third-order valence-corrected chi connectivity index (χ3v) is 2.30. The van der Waals surface area contributed by atoms with Gasteiger partial charge in [0.2, 0.25) is 0 Å². The maximum atomic E-state index is 5.15. The van der Waals surface area contributed by atoms with Gasteiger partial charge in [-0.25, -0.2) is 0 Å². The number of hydrogen-bond acceptors (Lipinski definition) is 3. The molecule has 0 radical (unpaired) electrons. The molecule has 0 bridgehead atoms. The second-order valence-electron chi connectivity index (χ2n) is 3.25. The van der Waals surface area contributed by atoms with Crippen LogP contribution in [-0.2, 0) is 0 Å². The molecule has 0 aliphatic heterocycles. The van der Waals surface area contributed by atoms with E-state index in [0.717, 1.165) is 22.1 Å². The zero-order chi connectivity index (χ0) is 10.7. The minimum Gasteiger partial charge on any atom is -0.497 e. The fourth-order valence-electron chi connectivity index (χ4n) is 1.54. The van der Waals surface area contributed by atoms with Crippen molar-refractivity contribution in [1.82, 2.24) is 0 Å². The maximum Gasteiger partial charge on any atom is 0.119 e. The number of ether oxygens (including phenoxy) is 1. The van der Waals surface area contributed by atoms with Crippen LogP contribution in [0.3, 0.4) is 0 Å². The zero-order valence-corrected chi connectivity index (χ0v) is 8.47. The molecule has 0 saturated carbocycles. The van der Waals surface area contributed by atoms with Crippen LogP contribution >= 0.6 is 0 Å². The Morgan fingerprint density at radius 3 is 2.60 bits per heavy atom. The lowest BCUT2D eigenvalue weighted by Crippen LogP contribution is -1.87. The van der Waals surface area contributed by atoms with E-state index in [1.54, 1.807) is 13.3 Å². The van der Waals surface area contributed by atoms with Gasteiger partial charge in [0.25, 0.3) is 0 Å². The molecule has 2 aromatic carbocycles. The predicted molar refractivity (Wildman–Crippen MR) is 62.3 cm³/mol. The van der Waals surface area contributed by atoms with E-state index in [9.17, 15) is 0 Å². The fraction of sp³-hybridized carbons (Fsp3) is 0.0833. The van der Waals surface area contributed by atoms with E-state index < -0.39 is 0 Å². The van der Waals surface area contributed by atoms with Gasteiger partial charge in [0.15, 0.2) is 0 Å². The molecule has 0 atom stereocenters. The smallest absolute Gasteiger partial charge is 0.119 e. The van der Waals surface area contributed by atoms with Crippen molar-refractivity contribution < 1.29 is 4.74 Å². The van der Waals surface area contributed by atoms with Gasteiger partial charge in [-0.2, -0.15) is 5.10 Å². The third-order valence-electron chi connectivity index (χ3n) is 2.30. The number of hydrazone groups is 1. The molecule has 2 rings (SSSR count). The van der Waals surface area contributed by atoms with Crippen LogP contribution in [0.5, 0.6) is 5.75 Å². The average Bonchev–Trinajstić information content (AvgIpc) is 2.29. The topological polar surface area (TPSA) is 47.6 Å². The Kier molecular flexibility index (Phi) is 2.54. The van der Waals surface area contributed by atoms with E-state index in [4.69, 9.17) is 10.6 Å². The molecule has 0 unspecified atom stereocenters. The predicted octanol–water partition coefficient (Wildman–Crippen LogP) is 2.14. The van der Waals surface area contributed by atoms with E-state index >= 15 is 0 Å². The molecular weight excluding hydrogens is 188 g/mol. The fourth-order valence-corrected chi connectivity index (χ4v) is 1.54. The van der Waals surface area contributed by atoms with Gasteiger partial charge < -0.3 is 10.6 Å². The highest BCUT2D eigenvalue weighted by atomic mass is 16.5. The number of methoxy groups -OCH3 is 1. The van der Waals surface area contributed by atoms with Crippen molar-refractivity contribution >= 4 is 17.0 Å². The molecule has 2 N–H and O–H groups in total. The molecule has 0 fully saturated rings. The van der Waals surface area contributed by atoms with E-state index in [1.165, 1.54) is 0 Å². The number of nitrogens with zero attached hydrogens (tertiary/aromatic N) is 1. The van der Waals surface area contributed by atoms with E-state index in [1.807, 2.05) is 36.4 Å². The lowest BCUT2D eigenvalue weighted by atomic mass is 10.1. The first kappa shape index (κ1) is 9.52. The Balaban J connectivity index is 2.54. The number of nitrogens with two attached hydrogens (primary N) is 1. The molecular formula is C12H12N2O. The van der Waals surface area contributed by atoms with E-state index in [0.29, 0.717) is 0 Å². The van der Waals surface area contributed by atoms with E-state index in [-0.39, 0.29) is 0 Å². The maximum absolute atomic E-state index is 5.15. The standard InChI is InChI=1S/C12H12N2O/c1-15-12-5-4-10-6-9(8-14-13)2-3-11(10)7-12/h2-8H,13H2,1H3/b14-8-. The summed E-state index contributed by atoms with van der Waals surface area (Å²) in [5.41, 5.74) is 0.996. The van der Waals surface area contributed by atoms with E-state index in [2.05, 4.69) is 5.10 Å². The molecule has 15 heavy (non-hydrogen) atoms. The Bertz CT molecular complexity index is 506. The summed E-state index contributed by atoms with van der Waals surface area (Å²) >= 11 is 0. The molecule has 3 heteroatoms. The van der Waals surface area contributed by atoms with Crippen LogP contribution < -0.4 is 10.6 Å². The van der Waals surface area contributed by atoms with Crippen molar-refractivity contribution in [2.24, 2.45) is 10.9 Å². The first-order chi connectivity index (χ1) is 7.33. The molecule has 0 saturated heterocycles. The van der Waals surface area contributed by atoms with Gasteiger partial charge in [-0.1, -0.05) is 18.2 Å². The van der Waals surface area contributed by atoms with Crippen molar-refractivity contribution in [3.05, 3.63) is 42.0 Å². The van der Waals surface area contributed by atoms with Gasteiger partial charge in [-0.3, -0.25) is 0 Å². The molecule has 76 valence electrons. The molecule has 0 spiro atoms. The molecule has 0 aliphatic carbocycles. The SMILES string of the molecule is COc1ccc2cc(/C=N\N)ccc2c1. The summed E-state index contributed by atoms with van der Waals surface area (Å²) in [5.74, 6) is 5.96. The summed E-state index contributed by atoms with van der Waals surface area (Å²) < 4.78 is 5.15. The summed E-state index contributed by atoms with van der Waals surface area (Å²) in [4.78, 5) is 0. The highest BCUT2D eigenvalue weighted by molar-refractivity contribution is 5.91. The van der Waals surface area contributed by atoms with Crippen LogP contribution in [0.2, 0.25) is 0 Å². The monoisotopic (exact) mass is 200 g/mol. The van der Waals surface area contributed by atoms with Crippen LogP contribution in [0.4, 0.5) is 0 Å². The summed E-state index contributed by atoms with van der Waals surface area (Å²) in [5, 5.41) is 5.79. The number of benzene rings is 2. The van der Waals surface area contributed by atoms with Crippen molar-refractivity contribution in [1.29, 1.82) is 0 Å². The Morgan fingerprint density at radius 2 is 1.87 bits per heavy atom. The summed E-state index contributed by atoms with van der Waals surface area (Å²) in [6.07, 6.45) is 1.63. The van der Waals surface area contributed by atoms with Gasteiger partial charge >= 0.3 is 0 Å². The largest absolute Gasteiger partial charge is 0.497 e. The van der Waals surface area contributed by atoms with Crippen molar-refractivity contribution in [3.8, 4) is 5.75 Å². The molecule has 3 nitrogen and oxygen atoms in total. The van der Waals surface area contributed by atoms with Gasteiger partial charge in [0.1, 0.15) is 5.75 Å².